The van der Waals surface area contributed by atoms with Gasteiger partial charge in [0, 0.05) is 5.69 Å². The molecular formula is C23H27ClN2O4S. The van der Waals surface area contributed by atoms with E-state index in [0.29, 0.717) is 32.9 Å². The van der Waals surface area contributed by atoms with E-state index >= 15 is 0 Å². The van der Waals surface area contributed by atoms with Gasteiger partial charge in [-0.2, -0.15) is 0 Å². The van der Waals surface area contributed by atoms with E-state index in [2.05, 4.69) is 10.6 Å². The van der Waals surface area contributed by atoms with Crippen molar-refractivity contribution in [2.45, 2.75) is 38.1 Å². The third-order valence-corrected chi connectivity index (χ3v) is 6.00. The average molecular weight is 463 g/mol. The van der Waals surface area contributed by atoms with Crippen LogP contribution in [0.1, 0.15) is 48.5 Å². The number of methoxy groups -OCH3 is 2. The fraction of sp³-hybridized carbons (Fsp3) is 0.391. The summed E-state index contributed by atoms with van der Waals surface area (Å²) in [4.78, 5) is 12.1. The van der Waals surface area contributed by atoms with Gasteiger partial charge < -0.3 is 24.8 Å². The second-order valence-corrected chi connectivity index (χ2v) is 8.17. The zero-order chi connectivity index (χ0) is 22.4. The number of carbonyl (C=O) groups excluding carboxylic acids is 1. The van der Waals surface area contributed by atoms with Gasteiger partial charge in [0.1, 0.15) is 0 Å². The predicted molar refractivity (Wildman–Crippen MR) is 126 cm³/mol. The van der Waals surface area contributed by atoms with Gasteiger partial charge in [0.15, 0.2) is 16.6 Å². The van der Waals surface area contributed by atoms with Crippen LogP contribution in [0.25, 0.3) is 0 Å². The summed E-state index contributed by atoms with van der Waals surface area (Å²) < 4.78 is 15.9. The van der Waals surface area contributed by atoms with Crippen molar-refractivity contribution in [3.05, 3.63) is 52.5 Å². The molecule has 0 unspecified atom stereocenters. The Balaban J connectivity index is 1.81. The third kappa shape index (κ3) is 5.22. The number of ether oxygens (including phenoxy) is 3. The van der Waals surface area contributed by atoms with Crippen molar-refractivity contribution in [2.75, 3.05) is 26.1 Å². The number of carbonyl (C=O) groups is 1. The topological polar surface area (TPSA) is 68.8 Å². The van der Waals surface area contributed by atoms with Gasteiger partial charge in [-0.25, -0.2) is 4.79 Å². The van der Waals surface area contributed by atoms with Crippen LogP contribution >= 0.6 is 23.8 Å². The fourth-order valence-corrected chi connectivity index (χ4v) is 4.45. The molecule has 0 aromatic heterocycles. The SMILES string of the molecule is CCOC(=O)c1cc(NC(=S)NC2(c3ccc(OC)c(OC)c3)CCCC2)ccc1Cl. The molecule has 0 bridgehead atoms. The van der Waals surface area contributed by atoms with Crippen LogP contribution in [0, 0.1) is 0 Å². The number of hydrogen-bond donors (Lipinski definition) is 2. The molecule has 0 atom stereocenters. The molecule has 166 valence electrons. The van der Waals surface area contributed by atoms with Gasteiger partial charge in [-0.05, 0) is 67.9 Å². The number of anilines is 1. The van der Waals surface area contributed by atoms with Crippen LogP contribution in [-0.2, 0) is 10.3 Å². The summed E-state index contributed by atoms with van der Waals surface area (Å²) >= 11 is 11.8. The van der Waals surface area contributed by atoms with Crippen LogP contribution in [0.2, 0.25) is 5.02 Å². The second-order valence-electron chi connectivity index (χ2n) is 7.35. The molecule has 1 saturated carbocycles. The quantitative estimate of drug-likeness (QED) is 0.428. The molecule has 1 aliphatic carbocycles. The Hall–Kier alpha value is -2.51. The third-order valence-electron chi connectivity index (χ3n) is 5.47. The number of halogens is 1. The summed E-state index contributed by atoms with van der Waals surface area (Å²) in [5.74, 6) is 0.907. The summed E-state index contributed by atoms with van der Waals surface area (Å²) in [6, 6.07) is 11.0. The molecule has 2 aromatic rings. The van der Waals surface area contributed by atoms with Crippen molar-refractivity contribution >= 4 is 40.6 Å². The number of thiocarbonyl (C=S) groups is 1. The molecule has 6 nitrogen and oxygen atoms in total. The first-order valence-corrected chi connectivity index (χ1v) is 11.0. The maximum atomic E-state index is 12.1. The largest absolute Gasteiger partial charge is 0.493 e. The summed E-state index contributed by atoms with van der Waals surface area (Å²) in [6.07, 6.45) is 4.08. The van der Waals surface area contributed by atoms with Crippen LogP contribution in [0.5, 0.6) is 11.5 Å². The highest BCUT2D eigenvalue weighted by Crippen LogP contribution is 2.41. The molecule has 3 rings (SSSR count). The van der Waals surface area contributed by atoms with Crippen LogP contribution in [0.4, 0.5) is 5.69 Å². The molecule has 0 spiro atoms. The number of hydrogen-bond acceptors (Lipinski definition) is 5. The molecule has 0 amide bonds. The molecule has 0 aliphatic heterocycles. The van der Waals surface area contributed by atoms with Gasteiger partial charge in [0.2, 0.25) is 0 Å². The van der Waals surface area contributed by atoms with Gasteiger partial charge >= 0.3 is 5.97 Å². The Kier molecular flexibility index (Phi) is 7.62. The zero-order valence-electron chi connectivity index (χ0n) is 17.9. The number of benzene rings is 2. The molecule has 1 aliphatic rings. The lowest BCUT2D eigenvalue weighted by atomic mass is 9.88. The van der Waals surface area contributed by atoms with Crippen LogP contribution < -0.4 is 20.1 Å². The lowest BCUT2D eigenvalue weighted by molar-refractivity contribution is 0.0526. The molecule has 0 saturated heterocycles. The van der Waals surface area contributed by atoms with Gasteiger partial charge in [-0.1, -0.05) is 30.5 Å². The first-order valence-electron chi connectivity index (χ1n) is 10.2. The highest BCUT2D eigenvalue weighted by molar-refractivity contribution is 7.80. The van der Waals surface area contributed by atoms with E-state index in [1.165, 1.54) is 0 Å². The summed E-state index contributed by atoms with van der Waals surface area (Å²) in [7, 11) is 3.25. The standard InChI is InChI=1S/C23H27ClN2O4S/c1-4-30-21(27)17-14-16(8-9-18(17)24)25-22(31)26-23(11-5-6-12-23)15-7-10-19(28-2)20(13-15)29-3/h7-10,13-14H,4-6,11-12H2,1-3H3,(H2,25,26,31). The molecule has 2 N–H and O–H groups in total. The first-order chi connectivity index (χ1) is 14.9. The first kappa shape index (κ1) is 23.2. The van der Waals surface area contributed by atoms with Gasteiger partial charge in [-0.15, -0.1) is 0 Å². The van der Waals surface area contributed by atoms with Crippen LogP contribution in [0.15, 0.2) is 36.4 Å². The fourth-order valence-electron chi connectivity index (χ4n) is 3.95. The van der Waals surface area contributed by atoms with Gasteiger partial charge in [0.05, 0.1) is 37.0 Å². The molecule has 2 aromatic carbocycles. The lowest BCUT2D eigenvalue weighted by Crippen LogP contribution is -2.45. The lowest BCUT2D eigenvalue weighted by Gasteiger charge is -2.33. The summed E-state index contributed by atoms with van der Waals surface area (Å²) in [6.45, 7) is 2.03. The molecule has 0 radical (unpaired) electrons. The second kappa shape index (κ2) is 10.2. The van der Waals surface area contributed by atoms with Crippen molar-refractivity contribution in [2.24, 2.45) is 0 Å². The minimum Gasteiger partial charge on any atom is -0.493 e. The Bertz CT molecular complexity index is 961. The van der Waals surface area contributed by atoms with Gasteiger partial charge in [0.25, 0.3) is 0 Å². The van der Waals surface area contributed by atoms with Crippen molar-refractivity contribution in [3.63, 3.8) is 0 Å². The Labute approximate surface area is 193 Å². The number of rotatable bonds is 7. The molecule has 0 heterocycles. The number of esters is 1. The van der Waals surface area contributed by atoms with Crippen molar-refractivity contribution < 1.29 is 19.0 Å². The molecule has 8 heteroatoms. The van der Waals surface area contributed by atoms with Crippen molar-refractivity contribution in [1.29, 1.82) is 0 Å². The van der Waals surface area contributed by atoms with Crippen molar-refractivity contribution in [1.82, 2.24) is 5.32 Å². The Morgan fingerprint density at radius 2 is 1.81 bits per heavy atom. The highest BCUT2D eigenvalue weighted by Gasteiger charge is 2.37. The smallest absolute Gasteiger partial charge is 0.339 e. The summed E-state index contributed by atoms with van der Waals surface area (Å²) in [5, 5.41) is 7.49. The Morgan fingerprint density at radius 3 is 2.45 bits per heavy atom. The van der Waals surface area contributed by atoms with Crippen molar-refractivity contribution in [3.8, 4) is 11.5 Å². The predicted octanol–water partition coefficient (Wildman–Crippen LogP) is 5.29. The van der Waals surface area contributed by atoms with Crippen LogP contribution in [0.3, 0.4) is 0 Å². The van der Waals surface area contributed by atoms with E-state index in [9.17, 15) is 4.79 Å². The maximum Gasteiger partial charge on any atom is 0.339 e. The summed E-state index contributed by atoms with van der Waals surface area (Å²) in [5.41, 5.74) is 1.74. The van der Waals surface area contributed by atoms with E-state index in [-0.39, 0.29) is 12.1 Å². The monoisotopic (exact) mass is 462 g/mol. The van der Waals surface area contributed by atoms with Gasteiger partial charge in [-0.3, -0.25) is 0 Å². The molecular weight excluding hydrogens is 436 g/mol. The van der Waals surface area contributed by atoms with E-state index in [4.69, 9.17) is 38.0 Å². The average Bonchev–Trinajstić information content (AvgIpc) is 3.24. The highest BCUT2D eigenvalue weighted by atomic mass is 35.5. The van der Waals surface area contributed by atoms with E-state index in [0.717, 1.165) is 31.2 Å². The maximum absolute atomic E-state index is 12.1. The van der Waals surface area contributed by atoms with Crippen LogP contribution in [-0.4, -0.2) is 31.9 Å². The minimum atomic E-state index is -0.465. The molecule has 1 fully saturated rings. The normalized spacial score (nSPS) is 14.6. The number of nitrogens with one attached hydrogen (secondary N) is 2. The molecule has 31 heavy (non-hydrogen) atoms. The zero-order valence-corrected chi connectivity index (χ0v) is 19.5. The van der Waals surface area contributed by atoms with E-state index < -0.39 is 5.97 Å². The van der Waals surface area contributed by atoms with E-state index in [1.807, 2.05) is 18.2 Å². The van der Waals surface area contributed by atoms with E-state index in [1.54, 1.807) is 39.3 Å². The Morgan fingerprint density at radius 1 is 1.10 bits per heavy atom. The minimum absolute atomic E-state index is 0.278.